The van der Waals surface area contributed by atoms with Crippen LogP contribution < -0.4 is 0 Å². The molecule has 0 N–H and O–H groups in total. The van der Waals surface area contributed by atoms with Crippen LogP contribution >= 0.6 is 15.9 Å². The van der Waals surface area contributed by atoms with Crippen molar-refractivity contribution in [2.45, 2.75) is 44.0 Å². The van der Waals surface area contributed by atoms with E-state index in [9.17, 15) is 4.79 Å². The molecular formula is C14H19BrO2. The maximum Gasteiger partial charge on any atom is 0.319 e. The Kier molecular flexibility index (Phi) is 6.27. The van der Waals surface area contributed by atoms with Crippen molar-refractivity contribution in [3.8, 4) is 0 Å². The third-order valence-electron chi connectivity index (χ3n) is 2.37. The number of aryl methyl sites for hydroxylation is 1. The molecule has 0 bridgehead atoms. The molecular weight excluding hydrogens is 280 g/mol. The van der Waals surface area contributed by atoms with Crippen LogP contribution in [0.2, 0.25) is 0 Å². The number of alkyl halides is 1. The summed E-state index contributed by atoms with van der Waals surface area (Å²) in [6.07, 6.45) is 2.74. The monoisotopic (exact) mass is 298 g/mol. The Balaban J connectivity index is 2.24. The van der Waals surface area contributed by atoms with E-state index in [1.54, 1.807) is 0 Å². The third-order valence-corrected chi connectivity index (χ3v) is 3.21. The lowest BCUT2D eigenvalue weighted by Crippen LogP contribution is -2.21. The van der Waals surface area contributed by atoms with E-state index in [1.165, 1.54) is 5.56 Å². The van der Waals surface area contributed by atoms with E-state index in [4.69, 9.17) is 4.74 Å². The van der Waals surface area contributed by atoms with Gasteiger partial charge in [-0.3, -0.25) is 4.79 Å². The molecule has 0 aromatic heterocycles. The smallest absolute Gasteiger partial charge is 0.319 e. The molecule has 0 radical (unpaired) electrons. The molecule has 0 aliphatic carbocycles. The number of carbonyl (C=O) groups excluding carboxylic acids is 1. The largest absolute Gasteiger partial charge is 0.462 e. The molecule has 1 atom stereocenters. The summed E-state index contributed by atoms with van der Waals surface area (Å²) >= 11 is 3.37. The van der Waals surface area contributed by atoms with E-state index in [2.05, 4.69) is 28.1 Å². The van der Waals surface area contributed by atoms with E-state index < -0.39 is 0 Å². The van der Waals surface area contributed by atoms with Gasteiger partial charge in [0.1, 0.15) is 4.83 Å². The summed E-state index contributed by atoms with van der Waals surface area (Å²) in [6.45, 7) is 3.73. The Morgan fingerprint density at radius 3 is 2.53 bits per heavy atom. The first-order chi connectivity index (χ1) is 8.09. The van der Waals surface area contributed by atoms with Gasteiger partial charge in [0.15, 0.2) is 0 Å². The maximum absolute atomic E-state index is 11.5. The van der Waals surface area contributed by atoms with Gasteiger partial charge in [0.2, 0.25) is 0 Å². The predicted molar refractivity (Wildman–Crippen MR) is 73.3 cm³/mol. The minimum Gasteiger partial charge on any atom is -0.462 e. The number of carbonyl (C=O) groups is 1. The van der Waals surface area contributed by atoms with E-state index in [0.29, 0.717) is 0 Å². The lowest BCUT2D eigenvalue weighted by atomic mass is 10.1. The molecule has 1 aromatic carbocycles. The van der Waals surface area contributed by atoms with Gasteiger partial charge in [0, 0.05) is 0 Å². The van der Waals surface area contributed by atoms with Crippen LogP contribution in [-0.4, -0.2) is 16.9 Å². The first-order valence-electron chi connectivity index (χ1n) is 5.98. The maximum atomic E-state index is 11.5. The zero-order chi connectivity index (χ0) is 12.7. The minimum atomic E-state index is -0.186. The van der Waals surface area contributed by atoms with Crippen molar-refractivity contribution in [1.29, 1.82) is 0 Å². The highest BCUT2D eigenvalue weighted by Crippen LogP contribution is 2.14. The van der Waals surface area contributed by atoms with Gasteiger partial charge in [0.25, 0.3) is 0 Å². The highest BCUT2D eigenvalue weighted by atomic mass is 79.9. The van der Waals surface area contributed by atoms with Gasteiger partial charge in [-0.15, -0.1) is 0 Å². The van der Waals surface area contributed by atoms with Gasteiger partial charge in [-0.05, 0) is 38.7 Å². The van der Waals surface area contributed by atoms with Crippen LogP contribution in [-0.2, 0) is 16.0 Å². The zero-order valence-corrected chi connectivity index (χ0v) is 11.9. The third kappa shape index (κ3) is 5.87. The van der Waals surface area contributed by atoms with E-state index in [1.807, 2.05) is 32.0 Å². The number of esters is 1. The normalized spacial score (nSPS) is 12.5. The molecule has 0 amide bonds. The van der Waals surface area contributed by atoms with Gasteiger partial charge in [0.05, 0.1) is 6.10 Å². The highest BCUT2D eigenvalue weighted by molar-refractivity contribution is 9.10. The minimum absolute atomic E-state index is 0.0447. The van der Waals surface area contributed by atoms with Crippen molar-refractivity contribution in [1.82, 2.24) is 0 Å². The molecule has 0 aliphatic rings. The molecule has 2 nitrogen and oxygen atoms in total. The molecule has 0 saturated carbocycles. The first-order valence-corrected chi connectivity index (χ1v) is 6.89. The fraction of sp³-hybridized carbons (Fsp3) is 0.500. The second-order valence-electron chi connectivity index (χ2n) is 4.33. The predicted octanol–water partition coefficient (Wildman–Crippen LogP) is 3.72. The lowest BCUT2D eigenvalue weighted by Gasteiger charge is -2.12. The molecule has 94 valence electrons. The number of halogens is 1. The molecule has 0 aliphatic heterocycles. The summed E-state index contributed by atoms with van der Waals surface area (Å²) < 4.78 is 5.13. The van der Waals surface area contributed by atoms with Crippen molar-refractivity contribution in [3.63, 3.8) is 0 Å². The average Bonchev–Trinajstić information content (AvgIpc) is 2.29. The van der Waals surface area contributed by atoms with Crippen molar-refractivity contribution < 1.29 is 9.53 Å². The van der Waals surface area contributed by atoms with Crippen molar-refractivity contribution in [3.05, 3.63) is 35.9 Å². The molecule has 1 aromatic rings. The lowest BCUT2D eigenvalue weighted by molar-refractivity contribution is -0.146. The van der Waals surface area contributed by atoms with Gasteiger partial charge in [-0.25, -0.2) is 0 Å². The van der Waals surface area contributed by atoms with Crippen molar-refractivity contribution >= 4 is 21.9 Å². The van der Waals surface area contributed by atoms with E-state index >= 15 is 0 Å². The van der Waals surface area contributed by atoms with Crippen LogP contribution in [0, 0.1) is 0 Å². The molecule has 0 spiro atoms. The standard InChI is InChI=1S/C14H19BrO2/c1-11(2)17-14(16)13(15)10-6-9-12-7-4-3-5-8-12/h3-5,7-8,11,13H,6,9-10H2,1-2H3. The number of benzene rings is 1. The van der Waals surface area contributed by atoms with Crippen molar-refractivity contribution in [2.75, 3.05) is 0 Å². The van der Waals surface area contributed by atoms with Crippen LogP contribution in [0.1, 0.15) is 32.3 Å². The molecule has 1 rings (SSSR count). The summed E-state index contributed by atoms with van der Waals surface area (Å²) in [4.78, 5) is 11.3. The summed E-state index contributed by atoms with van der Waals surface area (Å²) in [5, 5.41) is 0. The average molecular weight is 299 g/mol. The van der Waals surface area contributed by atoms with Crippen LogP contribution in [0.5, 0.6) is 0 Å². The second kappa shape index (κ2) is 7.49. The summed E-state index contributed by atoms with van der Waals surface area (Å²) in [5.74, 6) is -0.159. The van der Waals surface area contributed by atoms with Crippen LogP contribution in [0.15, 0.2) is 30.3 Å². The summed E-state index contributed by atoms with van der Waals surface area (Å²) in [5.41, 5.74) is 1.31. The highest BCUT2D eigenvalue weighted by Gasteiger charge is 2.16. The quantitative estimate of drug-likeness (QED) is 0.591. The topological polar surface area (TPSA) is 26.3 Å². The van der Waals surface area contributed by atoms with E-state index in [-0.39, 0.29) is 16.9 Å². The van der Waals surface area contributed by atoms with Crippen molar-refractivity contribution in [2.24, 2.45) is 0 Å². The fourth-order valence-corrected chi connectivity index (χ4v) is 1.99. The Hall–Kier alpha value is -0.830. The molecule has 3 heteroatoms. The summed E-state index contributed by atoms with van der Waals surface area (Å²) in [6, 6.07) is 10.3. The SMILES string of the molecule is CC(C)OC(=O)C(Br)CCCc1ccccc1. The molecule has 0 heterocycles. The Bertz CT molecular complexity index is 335. The fourth-order valence-electron chi connectivity index (χ4n) is 1.55. The van der Waals surface area contributed by atoms with Gasteiger partial charge >= 0.3 is 5.97 Å². The second-order valence-corrected chi connectivity index (χ2v) is 5.44. The molecule has 0 fully saturated rings. The Morgan fingerprint density at radius 1 is 1.29 bits per heavy atom. The number of hydrogen-bond acceptors (Lipinski definition) is 2. The zero-order valence-electron chi connectivity index (χ0n) is 10.4. The van der Waals surface area contributed by atoms with Crippen LogP contribution in [0.4, 0.5) is 0 Å². The Labute approximate surface area is 111 Å². The number of hydrogen-bond donors (Lipinski definition) is 0. The van der Waals surface area contributed by atoms with Gasteiger partial charge < -0.3 is 4.74 Å². The number of rotatable bonds is 6. The Morgan fingerprint density at radius 2 is 1.94 bits per heavy atom. The van der Waals surface area contributed by atoms with Crippen LogP contribution in [0.3, 0.4) is 0 Å². The molecule has 0 saturated heterocycles. The van der Waals surface area contributed by atoms with Crippen LogP contribution in [0.25, 0.3) is 0 Å². The van der Waals surface area contributed by atoms with Gasteiger partial charge in [-0.1, -0.05) is 46.3 Å². The van der Waals surface area contributed by atoms with E-state index in [0.717, 1.165) is 19.3 Å². The first kappa shape index (κ1) is 14.2. The van der Waals surface area contributed by atoms with Gasteiger partial charge in [-0.2, -0.15) is 0 Å². The molecule has 1 unspecified atom stereocenters. The number of ether oxygens (including phenoxy) is 1. The molecule has 17 heavy (non-hydrogen) atoms. The summed E-state index contributed by atoms with van der Waals surface area (Å²) in [7, 11) is 0.